The first kappa shape index (κ1) is 12.5. The molecule has 9 heteroatoms. The summed E-state index contributed by atoms with van der Waals surface area (Å²) in [5, 5.41) is 12.0. The normalized spacial score (nSPS) is 16.8. The molecule has 2 aromatic heterocycles. The molecule has 1 aliphatic rings. The Morgan fingerprint density at radius 1 is 1.37 bits per heavy atom. The molecule has 0 spiro atoms. The second kappa shape index (κ2) is 4.26. The molecule has 0 N–H and O–H groups in total. The Morgan fingerprint density at radius 2 is 2.11 bits per heavy atom. The number of carbonyl (C=O) groups is 1. The van der Waals surface area contributed by atoms with Crippen LogP contribution in [-0.2, 0) is 11.2 Å². The van der Waals surface area contributed by atoms with Crippen molar-refractivity contribution in [1.29, 1.82) is 0 Å². The highest BCUT2D eigenvalue weighted by molar-refractivity contribution is 7.16. The predicted molar refractivity (Wildman–Crippen MR) is 60.0 cm³/mol. The number of ketones is 1. The fourth-order valence-corrected chi connectivity index (χ4v) is 2.74. The number of hydrogen-bond acceptors (Lipinski definition) is 5. The van der Waals surface area contributed by atoms with Gasteiger partial charge >= 0.3 is 6.18 Å². The summed E-state index contributed by atoms with van der Waals surface area (Å²) in [7, 11) is 0. The third-order valence-electron chi connectivity index (χ3n) is 3.16. The molecule has 0 unspecified atom stereocenters. The van der Waals surface area contributed by atoms with Crippen molar-refractivity contribution >= 4 is 22.1 Å². The van der Waals surface area contributed by atoms with Gasteiger partial charge in [-0.05, 0) is 12.8 Å². The lowest BCUT2D eigenvalue weighted by Crippen LogP contribution is -2.24. The third-order valence-corrected chi connectivity index (χ3v) is 4.05. The van der Waals surface area contributed by atoms with E-state index < -0.39 is 18.4 Å². The number of hydrogen-bond donors (Lipinski definition) is 0. The molecule has 0 bridgehead atoms. The fraction of sp³-hybridized carbons (Fsp3) is 0.600. The van der Waals surface area contributed by atoms with Crippen molar-refractivity contribution in [3.8, 4) is 0 Å². The average molecular weight is 290 g/mol. The Bertz CT molecular complexity index is 628. The summed E-state index contributed by atoms with van der Waals surface area (Å²) < 4.78 is 38.0. The average Bonchev–Trinajstić information content (AvgIpc) is 2.76. The smallest absolute Gasteiger partial charge is 0.289 e. The second-order valence-electron chi connectivity index (χ2n) is 4.47. The van der Waals surface area contributed by atoms with E-state index in [1.807, 2.05) is 0 Å². The lowest BCUT2D eigenvalue weighted by molar-refractivity contribution is -0.170. The van der Waals surface area contributed by atoms with E-state index in [-0.39, 0.29) is 10.9 Å². The van der Waals surface area contributed by atoms with Gasteiger partial charge in [0.15, 0.2) is 5.82 Å². The molecular formula is C10H9F3N4OS. The number of halogens is 3. The Hall–Kier alpha value is -1.51. The molecule has 102 valence electrons. The predicted octanol–water partition coefficient (Wildman–Crippen LogP) is 2.13. The number of Topliss-reactive ketones (excluding diaryl/α,β-unsaturated/α-hetero) is 1. The Morgan fingerprint density at radius 3 is 2.68 bits per heavy atom. The second-order valence-corrected chi connectivity index (χ2v) is 5.51. The summed E-state index contributed by atoms with van der Waals surface area (Å²) in [5.74, 6) is -0.825. The zero-order valence-electron chi connectivity index (χ0n) is 9.65. The van der Waals surface area contributed by atoms with Crippen LogP contribution in [0.3, 0.4) is 0 Å². The van der Waals surface area contributed by atoms with Gasteiger partial charge in [0.1, 0.15) is 5.01 Å². The monoisotopic (exact) mass is 290 g/mol. The molecule has 19 heavy (non-hydrogen) atoms. The molecule has 5 nitrogen and oxygen atoms in total. The zero-order chi connectivity index (χ0) is 13.6. The molecule has 0 atom stereocenters. The quantitative estimate of drug-likeness (QED) is 0.869. The number of fused-ring (bicyclic) bond motifs is 1. The van der Waals surface area contributed by atoms with Gasteiger partial charge < -0.3 is 0 Å². The van der Waals surface area contributed by atoms with Crippen LogP contribution in [0.4, 0.5) is 13.2 Å². The minimum Gasteiger partial charge on any atom is -0.289 e. The molecule has 3 rings (SSSR count). The van der Waals surface area contributed by atoms with Gasteiger partial charge in [-0.2, -0.15) is 22.8 Å². The van der Waals surface area contributed by atoms with Crippen LogP contribution in [0.1, 0.15) is 36.0 Å². The zero-order valence-corrected chi connectivity index (χ0v) is 10.5. The van der Waals surface area contributed by atoms with Gasteiger partial charge in [-0.1, -0.05) is 17.8 Å². The van der Waals surface area contributed by atoms with Crippen molar-refractivity contribution in [2.24, 2.45) is 0 Å². The van der Waals surface area contributed by atoms with Crippen LogP contribution in [0.2, 0.25) is 0 Å². The molecule has 1 fully saturated rings. The van der Waals surface area contributed by atoms with Crippen molar-refractivity contribution in [2.45, 2.75) is 37.8 Å². The molecule has 0 aliphatic heterocycles. The maximum atomic E-state index is 12.2. The van der Waals surface area contributed by atoms with Gasteiger partial charge in [-0.25, -0.2) is 0 Å². The maximum absolute atomic E-state index is 12.2. The number of aromatic nitrogens is 4. The number of rotatable bonds is 3. The molecule has 1 saturated carbocycles. The lowest BCUT2D eigenvalue weighted by Gasteiger charge is -2.22. The Kier molecular flexibility index (Phi) is 2.80. The molecule has 0 saturated heterocycles. The van der Waals surface area contributed by atoms with E-state index in [4.69, 9.17) is 0 Å². The highest BCUT2D eigenvalue weighted by Crippen LogP contribution is 2.35. The number of carbonyl (C=O) groups excluding carboxylic acids is 1. The van der Waals surface area contributed by atoms with E-state index in [1.54, 1.807) is 0 Å². The van der Waals surface area contributed by atoms with E-state index in [0.29, 0.717) is 10.8 Å². The maximum Gasteiger partial charge on any atom is 0.450 e. The highest BCUT2D eigenvalue weighted by Gasteiger charge is 2.38. The van der Waals surface area contributed by atoms with E-state index in [0.717, 1.165) is 30.6 Å². The minimum absolute atomic E-state index is 0.118. The molecule has 2 aromatic rings. The molecule has 1 aliphatic carbocycles. The van der Waals surface area contributed by atoms with Gasteiger partial charge in [0.25, 0.3) is 0 Å². The summed E-state index contributed by atoms with van der Waals surface area (Å²) in [4.78, 5) is 11.4. The summed E-state index contributed by atoms with van der Waals surface area (Å²) in [6.07, 6.45) is -2.45. The molecule has 0 aromatic carbocycles. The molecular weight excluding hydrogens is 281 g/mol. The first-order valence-corrected chi connectivity index (χ1v) is 6.58. The summed E-state index contributed by atoms with van der Waals surface area (Å²) in [6, 6.07) is 0. The van der Waals surface area contributed by atoms with Gasteiger partial charge in [0.2, 0.25) is 10.7 Å². The molecule has 2 heterocycles. The van der Waals surface area contributed by atoms with Crippen molar-refractivity contribution in [2.75, 3.05) is 0 Å². The van der Waals surface area contributed by atoms with Crippen molar-refractivity contribution in [3.63, 3.8) is 0 Å². The topological polar surface area (TPSA) is 60.2 Å². The van der Waals surface area contributed by atoms with Crippen LogP contribution >= 0.6 is 11.3 Å². The van der Waals surface area contributed by atoms with Crippen molar-refractivity contribution in [1.82, 2.24) is 19.8 Å². The number of nitrogens with zero attached hydrogens (tertiary/aromatic N) is 4. The first-order valence-electron chi connectivity index (χ1n) is 5.76. The highest BCUT2D eigenvalue weighted by atomic mass is 32.1. The van der Waals surface area contributed by atoms with Gasteiger partial charge in [0.05, 0.1) is 6.42 Å². The van der Waals surface area contributed by atoms with E-state index in [2.05, 4.69) is 15.3 Å². The van der Waals surface area contributed by atoms with Crippen LogP contribution in [0.25, 0.3) is 4.96 Å². The molecule has 0 amide bonds. The van der Waals surface area contributed by atoms with Crippen LogP contribution in [-0.4, -0.2) is 31.8 Å². The van der Waals surface area contributed by atoms with E-state index in [1.165, 1.54) is 4.52 Å². The van der Waals surface area contributed by atoms with Gasteiger partial charge in [0, 0.05) is 5.92 Å². The van der Waals surface area contributed by atoms with E-state index in [9.17, 15) is 18.0 Å². The number of alkyl halides is 3. The lowest BCUT2D eigenvalue weighted by atomic mass is 9.85. The van der Waals surface area contributed by atoms with Crippen molar-refractivity contribution < 1.29 is 18.0 Å². The van der Waals surface area contributed by atoms with Crippen LogP contribution in [0.15, 0.2) is 0 Å². The van der Waals surface area contributed by atoms with Crippen LogP contribution in [0.5, 0.6) is 0 Å². The third kappa shape index (κ3) is 2.22. The SMILES string of the molecule is O=C(Cc1nn2c(C3CCC3)nnc2s1)C(F)(F)F. The van der Waals surface area contributed by atoms with Crippen LogP contribution < -0.4 is 0 Å². The Balaban J connectivity index is 1.86. The Labute approximate surface area is 109 Å². The minimum atomic E-state index is -4.82. The largest absolute Gasteiger partial charge is 0.450 e. The van der Waals surface area contributed by atoms with E-state index >= 15 is 0 Å². The van der Waals surface area contributed by atoms with Crippen molar-refractivity contribution in [3.05, 3.63) is 10.8 Å². The first-order chi connectivity index (χ1) is 8.95. The summed E-state index contributed by atoms with van der Waals surface area (Å²) in [5.41, 5.74) is 0. The van der Waals surface area contributed by atoms with Gasteiger partial charge in [-0.15, -0.1) is 10.2 Å². The summed E-state index contributed by atoms with van der Waals surface area (Å²) in [6.45, 7) is 0. The van der Waals surface area contributed by atoms with Gasteiger partial charge in [-0.3, -0.25) is 4.79 Å². The fourth-order valence-electron chi connectivity index (χ4n) is 1.90. The molecule has 0 radical (unpaired) electrons. The summed E-state index contributed by atoms with van der Waals surface area (Å²) >= 11 is 0.972. The van der Waals surface area contributed by atoms with Crippen LogP contribution in [0, 0.1) is 0 Å². The standard InChI is InChI=1S/C10H9F3N4OS/c11-10(12,13)6(18)4-7-16-17-8(5-2-1-3-5)14-15-9(17)19-7/h5H,1-4H2.